The number of nitriles is 1. The number of aromatic nitrogens is 1. The Kier molecular flexibility index (Phi) is 4.15. The zero-order valence-corrected chi connectivity index (χ0v) is 12.4. The van der Waals surface area contributed by atoms with Gasteiger partial charge in [-0.15, -0.1) is 0 Å². The average Bonchev–Trinajstić information content (AvgIpc) is 3.42. The van der Waals surface area contributed by atoms with E-state index in [4.69, 9.17) is 0 Å². The number of nitrogens with zero attached hydrogens (tertiary/aromatic N) is 2. The lowest BCUT2D eigenvalue weighted by Gasteiger charge is -2.10. The van der Waals surface area contributed by atoms with Crippen molar-refractivity contribution >= 4 is 17.4 Å². The maximum Gasteiger partial charge on any atom is 0.227 e. The lowest BCUT2D eigenvalue weighted by molar-refractivity contribution is -0.117. The number of amides is 1. The molecule has 1 saturated carbocycles. The number of hydrogen-bond acceptors (Lipinski definition) is 4. The van der Waals surface area contributed by atoms with Crippen LogP contribution in [0.2, 0.25) is 0 Å². The Morgan fingerprint density at radius 2 is 2.04 bits per heavy atom. The van der Waals surface area contributed by atoms with Crippen molar-refractivity contribution in [1.29, 1.82) is 5.26 Å². The topological polar surface area (TPSA) is 82.9 Å². The first-order valence-corrected chi connectivity index (χ1v) is 7.44. The van der Waals surface area contributed by atoms with Crippen LogP contribution in [0.1, 0.15) is 34.8 Å². The van der Waals surface area contributed by atoms with Crippen molar-refractivity contribution in [2.75, 3.05) is 5.32 Å². The molecule has 0 unspecified atom stereocenters. The van der Waals surface area contributed by atoms with E-state index in [1.54, 1.807) is 48.7 Å². The molecule has 114 valence electrons. The fraction of sp³-hybridized carbons (Fsp3) is 0.222. The van der Waals surface area contributed by atoms with Crippen molar-refractivity contribution in [3.05, 3.63) is 59.9 Å². The number of ketones is 1. The fourth-order valence-electron chi connectivity index (χ4n) is 2.31. The lowest BCUT2D eigenvalue weighted by atomic mass is 9.95. The van der Waals surface area contributed by atoms with Gasteiger partial charge in [0.15, 0.2) is 11.7 Å². The van der Waals surface area contributed by atoms with Crippen LogP contribution in [0.3, 0.4) is 0 Å². The standard InChI is InChI=1S/C18H15N3O2/c19-11-15(16-6-1-2-9-20-16)17(22)13-4-3-5-14(10-13)21-18(23)12-7-8-12/h1-6,9-10,12,15H,7-8H2,(H,21,23)/t15-/m1/s1. The number of benzene rings is 1. The molecule has 0 radical (unpaired) electrons. The summed E-state index contributed by atoms with van der Waals surface area (Å²) in [6.45, 7) is 0. The highest BCUT2D eigenvalue weighted by Gasteiger charge is 2.29. The second-order valence-corrected chi connectivity index (χ2v) is 5.53. The molecule has 5 nitrogen and oxygen atoms in total. The normalized spacial score (nSPS) is 14.6. The molecule has 2 aromatic rings. The third-order valence-electron chi connectivity index (χ3n) is 3.74. The maximum atomic E-state index is 12.6. The van der Waals surface area contributed by atoms with Gasteiger partial charge in [-0.2, -0.15) is 5.26 Å². The number of carbonyl (C=O) groups is 2. The largest absolute Gasteiger partial charge is 0.326 e. The highest BCUT2D eigenvalue weighted by molar-refractivity contribution is 6.04. The third kappa shape index (κ3) is 3.43. The summed E-state index contributed by atoms with van der Waals surface area (Å²) < 4.78 is 0. The minimum absolute atomic E-state index is 0.0174. The minimum Gasteiger partial charge on any atom is -0.326 e. The van der Waals surface area contributed by atoms with Gasteiger partial charge in [0, 0.05) is 23.4 Å². The van der Waals surface area contributed by atoms with Crippen molar-refractivity contribution in [3.8, 4) is 6.07 Å². The van der Waals surface area contributed by atoms with E-state index in [1.807, 2.05) is 6.07 Å². The summed E-state index contributed by atoms with van der Waals surface area (Å²) in [6, 6.07) is 13.8. The quantitative estimate of drug-likeness (QED) is 0.861. The minimum atomic E-state index is -0.953. The zero-order valence-electron chi connectivity index (χ0n) is 12.4. The molecule has 23 heavy (non-hydrogen) atoms. The molecule has 1 aromatic carbocycles. The monoisotopic (exact) mass is 305 g/mol. The summed E-state index contributed by atoms with van der Waals surface area (Å²) in [7, 11) is 0. The molecule has 1 fully saturated rings. The summed E-state index contributed by atoms with van der Waals surface area (Å²) >= 11 is 0. The molecule has 1 amide bonds. The van der Waals surface area contributed by atoms with Gasteiger partial charge in [-0.3, -0.25) is 14.6 Å². The molecular formula is C18H15N3O2. The van der Waals surface area contributed by atoms with E-state index in [0.29, 0.717) is 16.9 Å². The van der Waals surface area contributed by atoms with Crippen LogP contribution in [0.25, 0.3) is 0 Å². The average molecular weight is 305 g/mol. The first-order valence-electron chi connectivity index (χ1n) is 7.44. The van der Waals surface area contributed by atoms with E-state index in [9.17, 15) is 14.9 Å². The van der Waals surface area contributed by atoms with Crippen LogP contribution >= 0.6 is 0 Å². The summed E-state index contributed by atoms with van der Waals surface area (Å²) in [5, 5.41) is 12.1. The molecule has 0 spiro atoms. The van der Waals surface area contributed by atoms with Gasteiger partial charge in [-0.1, -0.05) is 18.2 Å². The molecule has 1 N–H and O–H groups in total. The second kappa shape index (κ2) is 6.41. The zero-order chi connectivity index (χ0) is 16.2. The number of pyridine rings is 1. The molecule has 1 atom stereocenters. The fourth-order valence-corrected chi connectivity index (χ4v) is 2.31. The van der Waals surface area contributed by atoms with Gasteiger partial charge in [-0.25, -0.2) is 0 Å². The first-order chi connectivity index (χ1) is 11.2. The summed E-state index contributed by atoms with van der Waals surface area (Å²) in [5.74, 6) is -1.20. The van der Waals surface area contributed by atoms with Gasteiger partial charge in [0.2, 0.25) is 5.91 Å². The molecule has 3 rings (SSSR count). The molecule has 1 aromatic heterocycles. The third-order valence-corrected chi connectivity index (χ3v) is 3.74. The van der Waals surface area contributed by atoms with Crippen molar-refractivity contribution in [3.63, 3.8) is 0 Å². The predicted octanol–water partition coefficient (Wildman–Crippen LogP) is 2.92. The Labute approximate surface area is 134 Å². The van der Waals surface area contributed by atoms with Crippen LogP contribution in [-0.2, 0) is 4.79 Å². The van der Waals surface area contributed by atoms with Crippen molar-refractivity contribution in [1.82, 2.24) is 4.98 Å². The number of anilines is 1. The molecule has 1 aliphatic carbocycles. The van der Waals surface area contributed by atoms with Gasteiger partial charge >= 0.3 is 0 Å². The van der Waals surface area contributed by atoms with Crippen LogP contribution in [0.5, 0.6) is 0 Å². The Hall–Kier alpha value is -3.00. The molecule has 1 heterocycles. The van der Waals surface area contributed by atoms with E-state index in [1.165, 1.54) is 0 Å². The van der Waals surface area contributed by atoms with Crippen molar-refractivity contribution in [2.24, 2.45) is 5.92 Å². The van der Waals surface area contributed by atoms with Crippen molar-refractivity contribution in [2.45, 2.75) is 18.8 Å². The lowest BCUT2D eigenvalue weighted by Crippen LogP contribution is -2.15. The van der Waals surface area contributed by atoms with E-state index in [2.05, 4.69) is 10.3 Å². The SMILES string of the molecule is N#C[C@@H](C(=O)c1cccc(NC(=O)C2CC2)c1)c1ccccn1. The van der Waals surface area contributed by atoms with E-state index in [-0.39, 0.29) is 17.6 Å². The Balaban J connectivity index is 1.81. The van der Waals surface area contributed by atoms with Gasteiger partial charge in [0.25, 0.3) is 0 Å². The van der Waals surface area contributed by atoms with Crippen LogP contribution in [0.4, 0.5) is 5.69 Å². The number of nitrogens with one attached hydrogen (secondary N) is 1. The number of carbonyl (C=O) groups excluding carboxylic acids is 2. The molecular weight excluding hydrogens is 290 g/mol. The molecule has 1 aliphatic rings. The van der Waals surface area contributed by atoms with E-state index in [0.717, 1.165) is 12.8 Å². The van der Waals surface area contributed by atoms with Crippen LogP contribution in [0, 0.1) is 17.2 Å². The molecule has 5 heteroatoms. The molecule has 0 aliphatic heterocycles. The second-order valence-electron chi connectivity index (χ2n) is 5.53. The van der Waals surface area contributed by atoms with Crippen molar-refractivity contribution < 1.29 is 9.59 Å². The predicted molar refractivity (Wildman–Crippen MR) is 84.7 cm³/mol. The van der Waals surface area contributed by atoms with E-state index < -0.39 is 5.92 Å². The molecule has 0 saturated heterocycles. The number of rotatable bonds is 5. The smallest absolute Gasteiger partial charge is 0.227 e. The number of Topliss-reactive ketones (excluding diaryl/α,β-unsaturated/α-hetero) is 1. The van der Waals surface area contributed by atoms with Gasteiger partial charge in [-0.05, 0) is 37.1 Å². The summed E-state index contributed by atoms with van der Waals surface area (Å²) in [4.78, 5) is 28.5. The molecule has 0 bridgehead atoms. The highest BCUT2D eigenvalue weighted by Crippen LogP contribution is 2.30. The van der Waals surface area contributed by atoms with Gasteiger partial charge < -0.3 is 5.32 Å². The van der Waals surface area contributed by atoms with Gasteiger partial charge in [0.05, 0.1) is 11.8 Å². The summed E-state index contributed by atoms with van der Waals surface area (Å²) in [6.07, 6.45) is 3.39. The maximum absolute atomic E-state index is 12.6. The Morgan fingerprint density at radius 3 is 2.70 bits per heavy atom. The van der Waals surface area contributed by atoms with Crippen LogP contribution < -0.4 is 5.32 Å². The number of hydrogen-bond donors (Lipinski definition) is 1. The van der Waals surface area contributed by atoms with Gasteiger partial charge in [0.1, 0.15) is 0 Å². The van der Waals surface area contributed by atoms with Crippen LogP contribution in [0.15, 0.2) is 48.7 Å². The Morgan fingerprint density at radius 1 is 1.22 bits per heavy atom. The van der Waals surface area contributed by atoms with E-state index >= 15 is 0 Å². The highest BCUT2D eigenvalue weighted by atomic mass is 16.2. The Bertz CT molecular complexity index is 776. The van der Waals surface area contributed by atoms with Crippen LogP contribution in [-0.4, -0.2) is 16.7 Å². The first kappa shape index (κ1) is 14.9. The summed E-state index contributed by atoms with van der Waals surface area (Å²) in [5.41, 5.74) is 1.38.